The summed E-state index contributed by atoms with van der Waals surface area (Å²) in [5, 5.41) is 0. The molecule has 0 aliphatic heterocycles. The summed E-state index contributed by atoms with van der Waals surface area (Å²) in [6.45, 7) is 4.16. The van der Waals surface area contributed by atoms with Crippen LogP contribution in [0.3, 0.4) is 0 Å². The quantitative estimate of drug-likeness (QED) is 0.644. The molecule has 1 aromatic carbocycles. The van der Waals surface area contributed by atoms with Gasteiger partial charge in [0.1, 0.15) is 6.29 Å². The molecule has 0 saturated heterocycles. The fraction of sp³-hybridized carbons (Fsp3) is 0.417. The van der Waals surface area contributed by atoms with Crippen LogP contribution in [0.1, 0.15) is 31.7 Å². The Bertz CT molecular complexity index is 253. The zero-order valence-corrected chi connectivity index (χ0v) is 8.23. The van der Waals surface area contributed by atoms with Gasteiger partial charge in [0.05, 0.1) is 0 Å². The van der Waals surface area contributed by atoms with Crippen LogP contribution in [0.2, 0.25) is 0 Å². The summed E-state index contributed by atoms with van der Waals surface area (Å²) in [5.41, 5.74) is 1.25. The summed E-state index contributed by atoms with van der Waals surface area (Å²) < 4.78 is 0. The SMILES string of the molecule is CCC(C=O)C(C)c1ccccc1. The van der Waals surface area contributed by atoms with E-state index in [1.807, 2.05) is 18.2 Å². The van der Waals surface area contributed by atoms with Gasteiger partial charge in [-0.3, -0.25) is 0 Å². The minimum Gasteiger partial charge on any atom is -0.303 e. The summed E-state index contributed by atoms with van der Waals surface area (Å²) in [6, 6.07) is 10.2. The highest BCUT2D eigenvalue weighted by molar-refractivity contribution is 5.55. The highest BCUT2D eigenvalue weighted by Gasteiger charge is 2.15. The van der Waals surface area contributed by atoms with Crippen molar-refractivity contribution in [2.75, 3.05) is 0 Å². The van der Waals surface area contributed by atoms with Gasteiger partial charge in [0, 0.05) is 5.92 Å². The molecule has 0 heterocycles. The van der Waals surface area contributed by atoms with Crippen LogP contribution in [-0.4, -0.2) is 6.29 Å². The minimum absolute atomic E-state index is 0.155. The van der Waals surface area contributed by atoms with Crippen molar-refractivity contribution in [2.45, 2.75) is 26.2 Å². The Balaban J connectivity index is 2.77. The Labute approximate surface area is 79.8 Å². The molecule has 13 heavy (non-hydrogen) atoms. The van der Waals surface area contributed by atoms with Crippen LogP contribution < -0.4 is 0 Å². The second kappa shape index (κ2) is 4.80. The summed E-state index contributed by atoms with van der Waals surface area (Å²) in [4.78, 5) is 10.8. The lowest BCUT2D eigenvalue weighted by molar-refractivity contribution is -0.111. The monoisotopic (exact) mass is 176 g/mol. The molecule has 1 aromatic rings. The van der Waals surface area contributed by atoms with Crippen LogP contribution in [0.25, 0.3) is 0 Å². The number of aldehydes is 1. The zero-order valence-electron chi connectivity index (χ0n) is 8.23. The molecule has 0 N–H and O–H groups in total. The topological polar surface area (TPSA) is 17.1 Å². The van der Waals surface area contributed by atoms with Gasteiger partial charge >= 0.3 is 0 Å². The van der Waals surface area contributed by atoms with Crippen molar-refractivity contribution >= 4 is 6.29 Å². The molecule has 0 fully saturated rings. The lowest BCUT2D eigenvalue weighted by atomic mass is 9.87. The summed E-state index contributed by atoms with van der Waals surface area (Å²) in [5.74, 6) is 0.492. The van der Waals surface area contributed by atoms with E-state index in [2.05, 4.69) is 26.0 Å². The maximum Gasteiger partial charge on any atom is 0.123 e. The zero-order chi connectivity index (χ0) is 9.68. The third-order valence-corrected chi connectivity index (χ3v) is 2.61. The molecule has 0 radical (unpaired) electrons. The molecule has 2 unspecified atom stereocenters. The van der Waals surface area contributed by atoms with Gasteiger partial charge in [0.2, 0.25) is 0 Å². The van der Waals surface area contributed by atoms with Crippen LogP contribution >= 0.6 is 0 Å². The van der Waals surface area contributed by atoms with E-state index in [0.717, 1.165) is 12.7 Å². The van der Waals surface area contributed by atoms with Gasteiger partial charge < -0.3 is 4.79 Å². The fourth-order valence-corrected chi connectivity index (χ4v) is 1.57. The Morgan fingerprint density at radius 2 is 1.92 bits per heavy atom. The molecule has 1 heteroatoms. The first kappa shape index (κ1) is 9.97. The van der Waals surface area contributed by atoms with Crippen LogP contribution in [-0.2, 0) is 4.79 Å². The van der Waals surface area contributed by atoms with E-state index in [9.17, 15) is 4.79 Å². The van der Waals surface area contributed by atoms with Gasteiger partial charge in [-0.1, -0.05) is 44.2 Å². The van der Waals surface area contributed by atoms with Crippen molar-refractivity contribution in [3.05, 3.63) is 35.9 Å². The van der Waals surface area contributed by atoms with E-state index in [1.165, 1.54) is 5.56 Å². The van der Waals surface area contributed by atoms with E-state index in [1.54, 1.807) is 0 Å². The number of hydrogen-bond donors (Lipinski definition) is 0. The van der Waals surface area contributed by atoms with E-state index in [-0.39, 0.29) is 5.92 Å². The van der Waals surface area contributed by atoms with Crippen LogP contribution in [0.15, 0.2) is 30.3 Å². The largest absolute Gasteiger partial charge is 0.303 e. The molecule has 0 bridgehead atoms. The Kier molecular flexibility index (Phi) is 3.69. The lowest BCUT2D eigenvalue weighted by Gasteiger charge is -2.16. The number of carbonyl (C=O) groups is 1. The summed E-state index contributed by atoms with van der Waals surface area (Å²) >= 11 is 0. The van der Waals surface area contributed by atoms with Gasteiger partial charge in [-0.25, -0.2) is 0 Å². The standard InChI is InChI=1S/C12H16O/c1-3-11(9-13)10(2)12-7-5-4-6-8-12/h4-11H,3H2,1-2H3. The highest BCUT2D eigenvalue weighted by Crippen LogP contribution is 2.24. The molecule has 0 saturated carbocycles. The second-order valence-electron chi connectivity index (χ2n) is 3.41. The third-order valence-electron chi connectivity index (χ3n) is 2.61. The van der Waals surface area contributed by atoms with Crippen LogP contribution in [0.5, 0.6) is 0 Å². The highest BCUT2D eigenvalue weighted by atomic mass is 16.1. The van der Waals surface area contributed by atoms with Crippen LogP contribution in [0, 0.1) is 5.92 Å². The van der Waals surface area contributed by atoms with Crippen molar-refractivity contribution < 1.29 is 4.79 Å². The molecule has 1 nitrogen and oxygen atoms in total. The Morgan fingerprint density at radius 3 is 2.38 bits per heavy atom. The van der Waals surface area contributed by atoms with Gasteiger partial charge in [-0.15, -0.1) is 0 Å². The third kappa shape index (κ3) is 2.41. The number of benzene rings is 1. The van der Waals surface area contributed by atoms with Crippen molar-refractivity contribution in [2.24, 2.45) is 5.92 Å². The maximum absolute atomic E-state index is 10.8. The first-order chi connectivity index (χ1) is 6.29. The molecule has 0 amide bonds. The van der Waals surface area contributed by atoms with Crippen molar-refractivity contribution in [1.29, 1.82) is 0 Å². The van der Waals surface area contributed by atoms with Crippen molar-refractivity contribution in [1.82, 2.24) is 0 Å². The Hall–Kier alpha value is -1.11. The molecule has 0 aliphatic carbocycles. The predicted octanol–water partition coefficient (Wildman–Crippen LogP) is 3.02. The molecular weight excluding hydrogens is 160 g/mol. The first-order valence-electron chi connectivity index (χ1n) is 4.79. The van der Waals surface area contributed by atoms with E-state index >= 15 is 0 Å². The maximum atomic E-state index is 10.8. The molecule has 0 spiro atoms. The van der Waals surface area contributed by atoms with E-state index < -0.39 is 0 Å². The van der Waals surface area contributed by atoms with E-state index in [4.69, 9.17) is 0 Å². The second-order valence-corrected chi connectivity index (χ2v) is 3.41. The summed E-state index contributed by atoms with van der Waals surface area (Å²) in [6.07, 6.45) is 1.98. The van der Waals surface area contributed by atoms with E-state index in [0.29, 0.717) is 5.92 Å². The molecule has 1 rings (SSSR count). The molecule has 0 aromatic heterocycles. The summed E-state index contributed by atoms with van der Waals surface area (Å²) in [7, 11) is 0. The molecule has 70 valence electrons. The Morgan fingerprint density at radius 1 is 1.31 bits per heavy atom. The molecule has 0 aliphatic rings. The normalized spacial score (nSPS) is 14.9. The average molecular weight is 176 g/mol. The number of hydrogen-bond acceptors (Lipinski definition) is 1. The number of rotatable bonds is 4. The lowest BCUT2D eigenvalue weighted by Crippen LogP contribution is -2.10. The first-order valence-corrected chi connectivity index (χ1v) is 4.79. The van der Waals surface area contributed by atoms with Gasteiger partial charge in [-0.2, -0.15) is 0 Å². The van der Waals surface area contributed by atoms with Gasteiger partial charge in [-0.05, 0) is 17.9 Å². The smallest absolute Gasteiger partial charge is 0.123 e. The van der Waals surface area contributed by atoms with Crippen LogP contribution in [0.4, 0.5) is 0 Å². The number of carbonyl (C=O) groups excluding carboxylic acids is 1. The molecular formula is C12H16O. The minimum atomic E-state index is 0.155. The molecule has 2 atom stereocenters. The van der Waals surface area contributed by atoms with Gasteiger partial charge in [0.25, 0.3) is 0 Å². The van der Waals surface area contributed by atoms with Crippen molar-refractivity contribution in [3.8, 4) is 0 Å². The van der Waals surface area contributed by atoms with Gasteiger partial charge in [0.15, 0.2) is 0 Å². The van der Waals surface area contributed by atoms with Crippen molar-refractivity contribution in [3.63, 3.8) is 0 Å². The predicted molar refractivity (Wildman–Crippen MR) is 54.7 cm³/mol. The fourth-order valence-electron chi connectivity index (χ4n) is 1.57. The average Bonchev–Trinajstić information content (AvgIpc) is 2.21.